The fourth-order valence-electron chi connectivity index (χ4n) is 9.89. The van der Waals surface area contributed by atoms with Gasteiger partial charge in [-0.15, -0.1) is 0 Å². The van der Waals surface area contributed by atoms with Crippen LogP contribution in [0.4, 0.5) is 0 Å². The minimum Gasteiger partial charge on any atom is -0.547 e. The summed E-state index contributed by atoms with van der Waals surface area (Å²) in [6.07, 6.45) is 11.8. The van der Waals surface area contributed by atoms with Gasteiger partial charge in [-0.25, -0.2) is 0 Å². The Morgan fingerprint density at radius 2 is 1.39 bits per heavy atom. The van der Waals surface area contributed by atoms with Crippen molar-refractivity contribution in [1.82, 2.24) is 0 Å². The number of hydrogen-bond acceptors (Lipinski definition) is 4. The van der Waals surface area contributed by atoms with Crippen molar-refractivity contribution in [3.8, 4) is 0 Å². The largest absolute Gasteiger partial charge is 0.547 e. The van der Waals surface area contributed by atoms with Crippen LogP contribution in [0.25, 0.3) is 0 Å². The third-order valence-corrected chi connectivity index (χ3v) is 14.8. The summed E-state index contributed by atoms with van der Waals surface area (Å²) >= 11 is 0. The second-order valence-electron chi connectivity index (χ2n) is 18.7. The van der Waals surface area contributed by atoms with Crippen molar-refractivity contribution in [3.05, 3.63) is 11.8 Å². The van der Waals surface area contributed by atoms with Crippen molar-refractivity contribution in [3.63, 3.8) is 0 Å². The molecule has 0 radical (unpaired) electrons. The molecule has 0 unspecified atom stereocenters. The molecule has 0 aliphatic heterocycles. The van der Waals surface area contributed by atoms with Crippen LogP contribution in [0.1, 0.15) is 65.7 Å². The minimum atomic E-state index is -1.88. The van der Waals surface area contributed by atoms with E-state index in [1.54, 1.807) is 0 Å². The summed E-state index contributed by atoms with van der Waals surface area (Å²) in [5, 5.41) is 0. The molecular weight excluding hydrogens is 573 g/mol. The topological polar surface area (TPSA) is 36.9 Å². The van der Waals surface area contributed by atoms with Gasteiger partial charge in [-0.3, -0.25) is 0 Å². The molecule has 0 spiro atoms. The molecule has 3 saturated carbocycles. The predicted octanol–water partition coefficient (Wildman–Crippen LogP) is 10.0. The maximum atomic E-state index is 7.45. The highest BCUT2D eigenvalue weighted by Crippen LogP contribution is 2.69. The van der Waals surface area contributed by atoms with Gasteiger partial charge in [-0.2, -0.15) is 0 Å². The molecule has 4 rings (SSSR count). The standard InChI is InChI=1S/C33H66O4Si4/c1-24(34-38(4,5)6)33(37-41(13,14)15)21-19-28-27-17-16-25-22-26(35-39(7,8)9)18-20-31(25,2)30(27)29(23-32(28,33)3)36-40(10,11)12/h23-28,30H,16-22H2,1-15H3/t24-,25+,26+,27-,28-,30+,31-,32-,33-/m0/s1. The van der Waals surface area contributed by atoms with Gasteiger partial charge < -0.3 is 17.7 Å². The maximum Gasteiger partial charge on any atom is 0.241 e. The molecule has 0 saturated heterocycles. The summed E-state index contributed by atoms with van der Waals surface area (Å²) in [6.45, 7) is 35.8. The monoisotopic (exact) mass is 638 g/mol. The molecule has 9 atom stereocenters. The predicted molar refractivity (Wildman–Crippen MR) is 184 cm³/mol. The van der Waals surface area contributed by atoms with E-state index in [9.17, 15) is 0 Å². The van der Waals surface area contributed by atoms with Crippen LogP contribution in [0.2, 0.25) is 78.6 Å². The van der Waals surface area contributed by atoms with E-state index in [1.807, 2.05) is 0 Å². The Labute approximate surface area is 258 Å². The summed E-state index contributed by atoms with van der Waals surface area (Å²) < 4.78 is 28.4. The van der Waals surface area contributed by atoms with E-state index in [0.717, 1.165) is 12.3 Å². The molecule has 0 aromatic carbocycles. The number of fused-ring (bicyclic) bond motifs is 5. The van der Waals surface area contributed by atoms with Gasteiger partial charge in [-0.05, 0) is 160 Å². The Balaban J connectivity index is 1.81. The van der Waals surface area contributed by atoms with Gasteiger partial charge in [0.15, 0.2) is 25.0 Å². The lowest BCUT2D eigenvalue weighted by Gasteiger charge is -2.62. The van der Waals surface area contributed by atoms with Gasteiger partial charge in [0.2, 0.25) is 8.32 Å². The van der Waals surface area contributed by atoms with E-state index in [1.165, 1.54) is 44.3 Å². The van der Waals surface area contributed by atoms with Crippen LogP contribution >= 0.6 is 0 Å². The molecule has 8 heteroatoms. The zero-order valence-electron chi connectivity index (χ0n) is 29.6. The average Bonchev–Trinajstić information content (AvgIpc) is 3.02. The Bertz CT molecular complexity index is 989. The van der Waals surface area contributed by atoms with Crippen molar-refractivity contribution in [1.29, 1.82) is 0 Å². The van der Waals surface area contributed by atoms with Gasteiger partial charge in [0.25, 0.3) is 0 Å². The zero-order chi connectivity index (χ0) is 31.0. The molecule has 41 heavy (non-hydrogen) atoms. The molecule has 0 amide bonds. The van der Waals surface area contributed by atoms with Crippen molar-refractivity contribution in [2.75, 3.05) is 0 Å². The van der Waals surface area contributed by atoms with Crippen LogP contribution in [-0.2, 0) is 17.7 Å². The number of rotatable bonds is 9. The Kier molecular flexibility index (Phi) is 9.14. The smallest absolute Gasteiger partial charge is 0.241 e. The molecule has 0 bridgehead atoms. The van der Waals surface area contributed by atoms with Gasteiger partial charge in [0.05, 0.1) is 17.5 Å². The summed E-state index contributed by atoms with van der Waals surface area (Å²) in [5.74, 6) is 3.82. The third-order valence-electron chi connectivity index (χ3n) is 10.9. The van der Waals surface area contributed by atoms with Crippen LogP contribution in [0.5, 0.6) is 0 Å². The number of hydrogen-bond donors (Lipinski definition) is 0. The Morgan fingerprint density at radius 1 is 0.756 bits per heavy atom. The highest BCUT2D eigenvalue weighted by atomic mass is 28.4. The lowest BCUT2D eigenvalue weighted by molar-refractivity contribution is -0.137. The van der Waals surface area contributed by atoms with Crippen LogP contribution in [0.3, 0.4) is 0 Å². The molecule has 0 aromatic rings. The van der Waals surface area contributed by atoms with Gasteiger partial charge in [0, 0.05) is 17.4 Å². The fraction of sp³-hybridized carbons (Fsp3) is 0.939. The third kappa shape index (κ3) is 6.93. The highest BCUT2D eigenvalue weighted by Gasteiger charge is 2.68. The van der Waals surface area contributed by atoms with E-state index in [4.69, 9.17) is 17.7 Å². The molecule has 3 fully saturated rings. The van der Waals surface area contributed by atoms with Crippen LogP contribution in [-0.4, -0.2) is 51.1 Å². The lowest BCUT2D eigenvalue weighted by atomic mass is 9.46. The quantitative estimate of drug-likeness (QED) is 0.236. The molecule has 4 aliphatic rings. The maximum absolute atomic E-state index is 7.45. The molecule has 0 N–H and O–H groups in total. The molecule has 0 aromatic heterocycles. The first-order chi connectivity index (χ1) is 18.4. The molecule has 238 valence electrons. The summed E-state index contributed by atoms with van der Waals surface area (Å²) in [7, 11) is -7.02. The first-order valence-electron chi connectivity index (χ1n) is 16.9. The second-order valence-corrected chi connectivity index (χ2v) is 36.5. The van der Waals surface area contributed by atoms with E-state index in [-0.39, 0.29) is 22.5 Å². The summed E-state index contributed by atoms with van der Waals surface area (Å²) in [4.78, 5) is 0. The Hall–Kier alpha value is 0.288. The van der Waals surface area contributed by atoms with Gasteiger partial charge >= 0.3 is 0 Å². The van der Waals surface area contributed by atoms with E-state index >= 15 is 0 Å². The molecule has 0 heterocycles. The van der Waals surface area contributed by atoms with E-state index in [0.29, 0.717) is 23.9 Å². The average molecular weight is 639 g/mol. The highest BCUT2D eigenvalue weighted by molar-refractivity contribution is 6.71. The summed E-state index contributed by atoms with van der Waals surface area (Å²) in [5.41, 5.74) is -0.119. The van der Waals surface area contributed by atoms with Gasteiger partial charge in [-0.1, -0.05) is 13.8 Å². The van der Waals surface area contributed by atoms with E-state index in [2.05, 4.69) is 105 Å². The zero-order valence-corrected chi connectivity index (χ0v) is 33.6. The van der Waals surface area contributed by atoms with Crippen LogP contribution in [0.15, 0.2) is 11.8 Å². The van der Waals surface area contributed by atoms with Crippen molar-refractivity contribution >= 4 is 33.3 Å². The first-order valence-corrected chi connectivity index (χ1v) is 30.5. The van der Waals surface area contributed by atoms with E-state index < -0.39 is 33.3 Å². The molecule has 4 aliphatic carbocycles. The molecular formula is C33H66O4Si4. The SMILES string of the molecule is C[C@H](O[Si](C)(C)C)[C@@]1(O[Si](C)(C)C)CC[C@H]2[C@@H]3CC[C@@H]4C[C@H](O[Si](C)(C)C)CC[C@]4(C)[C@H]3C(O[Si](C)(C)C)=C[C@@]21C. The second kappa shape index (κ2) is 11.0. The lowest BCUT2D eigenvalue weighted by Crippen LogP contribution is -2.63. The number of allylic oxidation sites excluding steroid dienone is 1. The van der Waals surface area contributed by atoms with Crippen molar-refractivity contribution in [2.45, 2.75) is 162 Å². The minimum absolute atomic E-state index is 0.0675. The van der Waals surface area contributed by atoms with Gasteiger partial charge in [0.1, 0.15) is 0 Å². The normalized spacial score (nSPS) is 40.8. The van der Waals surface area contributed by atoms with Crippen molar-refractivity contribution < 1.29 is 17.7 Å². The first kappa shape index (κ1) is 34.2. The summed E-state index contributed by atoms with van der Waals surface area (Å²) in [6, 6.07) is 0. The van der Waals surface area contributed by atoms with Crippen LogP contribution in [0, 0.1) is 34.5 Å². The molecule has 4 nitrogen and oxygen atoms in total. The Morgan fingerprint density at radius 3 is 1.93 bits per heavy atom. The van der Waals surface area contributed by atoms with Crippen molar-refractivity contribution in [2.24, 2.45) is 34.5 Å². The fourth-order valence-corrected chi connectivity index (χ4v) is 14.8. The van der Waals surface area contributed by atoms with Crippen LogP contribution < -0.4 is 0 Å².